The van der Waals surface area contributed by atoms with E-state index in [-0.39, 0.29) is 12.5 Å². The number of nitrogens with one attached hydrogen (secondary N) is 1. The smallest absolute Gasteiger partial charge is 0.165 e. The highest BCUT2D eigenvalue weighted by molar-refractivity contribution is 4.80. The van der Waals surface area contributed by atoms with Crippen molar-refractivity contribution in [3.8, 4) is 0 Å². The molecule has 0 aromatic carbocycles. The van der Waals surface area contributed by atoms with Crippen LogP contribution < -0.4 is 5.43 Å². The van der Waals surface area contributed by atoms with E-state index in [1.54, 1.807) is 0 Å². The standard InChI is InChI=1S/C8H19N3O/c1-5-6-10(3)7-8(12-7)11(4)9-2/h7-9H,5-6H2,1-4H3. The summed E-state index contributed by atoms with van der Waals surface area (Å²) < 4.78 is 5.47. The van der Waals surface area contributed by atoms with Crippen LogP contribution in [0.2, 0.25) is 0 Å². The first kappa shape index (κ1) is 9.92. The number of hydrogen-bond acceptors (Lipinski definition) is 4. The molecule has 0 radical (unpaired) electrons. The quantitative estimate of drug-likeness (QED) is 0.471. The summed E-state index contributed by atoms with van der Waals surface area (Å²) >= 11 is 0. The Morgan fingerprint density at radius 2 is 2.00 bits per heavy atom. The highest BCUT2D eigenvalue weighted by Crippen LogP contribution is 2.25. The summed E-state index contributed by atoms with van der Waals surface area (Å²) in [5, 5.41) is 1.98. The first-order valence-electron chi connectivity index (χ1n) is 4.46. The van der Waals surface area contributed by atoms with Gasteiger partial charge in [-0.2, -0.15) is 0 Å². The van der Waals surface area contributed by atoms with Crippen molar-refractivity contribution in [1.82, 2.24) is 15.3 Å². The molecule has 0 saturated carbocycles. The number of nitrogens with zero attached hydrogens (tertiary/aromatic N) is 2. The van der Waals surface area contributed by atoms with Gasteiger partial charge < -0.3 is 4.74 Å². The molecule has 4 heteroatoms. The van der Waals surface area contributed by atoms with Gasteiger partial charge in [0, 0.05) is 13.6 Å². The Balaban J connectivity index is 2.22. The summed E-state index contributed by atoms with van der Waals surface area (Å²) in [7, 11) is 5.99. The Labute approximate surface area is 74.4 Å². The molecule has 0 aromatic heterocycles. The lowest BCUT2D eigenvalue weighted by molar-refractivity contribution is 0.159. The highest BCUT2D eigenvalue weighted by atomic mass is 16.6. The zero-order valence-electron chi connectivity index (χ0n) is 8.37. The first-order chi connectivity index (χ1) is 5.70. The number of likely N-dealkylation sites (N-methyl/N-ethyl adjacent to an activating group) is 2. The summed E-state index contributed by atoms with van der Waals surface area (Å²) in [6.07, 6.45) is 1.68. The van der Waals surface area contributed by atoms with Crippen molar-refractivity contribution in [3.63, 3.8) is 0 Å². The summed E-state index contributed by atoms with van der Waals surface area (Å²) in [5.74, 6) is 0. The molecule has 2 atom stereocenters. The van der Waals surface area contributed by atoms with Crippen molar-refractivity contribution in [2.45, 2.75) is 25.8 Å². The van der Waals surface area contributed by atoms with E-state index in [1.165, 1.54) is 6.42 Å². The van der Waals surface area contributed by atoms with Gasteiger partial charge in [0.1, 0.15) is 0 Å². The molecule has 1 N–H and O–H groups in total. The second kappa shape index (κ2) is 4.18. The van der Waals surface area contributed by atoms with Crippen LogP contribution in [0.5, 0.6) is 0 Å². The zero-order valence-corrected chi connectivity index (χ0v) is 8.37. The maximum Gasteiger partial charge on any atom is 0.165 e. The van der Waals surface area contributed by atoms with E-state index in [0.717, 1.165) is 6.54 Å². The Morgan fingerprint density at radius 1 is 1.33 bits per heavy atom. The lowest BCUT2D eigenvalue weighted by atomic mass is 10.4. The van der Waals surface area contributed by atoms with E-state index in [2.05, 4.69) is 24.3 Å². The molecule has 2 unspecified atom stereocenters. The van der Waals surface area contributed by atoms with Gasteiger partial charge in [0.05, 0.1) is 0 Å². The predicted octanol–water partition coefficient (Wildman–Crippen LogP) is 0.0768. The fourth-order valence-electron chi connectivity index (χ4n) is 1.31. The van der Waals surface area contributed by atoms with E-state index in [4.69, 9.17) is 4.74 Å². The average Bonchev–Trinajstić information content (AvgIpc) is 2.82. The fourth-order valence-corrected chi connectivity index (χ4v) is 1.31. The van der Waals surface area contributed by atoms with Crippen LogP contribution in [0.1, 0.15) is 13.3 Å². The Hall–Kier alpha value is -0.160. The molecule has 1 saturated heterocycles. The molecule has 0 aliphatic carbocycles. The maximum atomic E-state index is 5.47. The molecular formula is C8H19N3O. The number of rotatable bonds is 5. The summed E-state index contributed by atoms with van der Waals surface area (Å²) in [6, 6.07) is 0. The molecule has 1 aliphatic heterocycles. The normalized spacial score (nSPS) is 28.5. The van der Waals surface area contributed by atoms with Crippen LogP contribution in [0, 0.1) is 0 Å². The highest BCUT2D eigenvalue weighted by Gasteiger charge is 2.44. The molecule has 0 spiro atoms. The maximum absolute atomic E-state index is 5.47. The lowest BCUT2D eigenvalue weighted by Gasteiger charge is -2.15. The molecule has 0 bridgehead atoms. The topological polar surface area (TPSA) is 31.0 Å². The van der Waals surface area contributed by atoms with Gasteiger partial charge in [0.25, 0.3) is 0 Å². The minimum Gasteiger partial charge on any atom is -0.335 e. The second-order valence-corrected chi connectivity index (χ2v) is 3.23. The van der Waals surface area contributed by atoms with Crippen molar-refractivity contribution >= 4 is 0 Å². The van der Waals surface area contributed by atoms with Crippen molar-refractivity contribution in [2.24, 2.45) is 0 Å². The monoisotopic (exact) mass is 173 g/mol. The van der Waals surface area contributed by atoms with Crippen LogP contribution in [0.15, 0.2) is 0 Å². The van der Waals surface area contributed by atoms with Crippen LogP contribution in [0.25, 0.3) is 0 Å². The minimum absolute atomic E-state index is 0.228. The lowest BCUT2D eigenvalue weighted by Crippen LogP contribution is -2.37. The molecule has 1 heterocycles. The summed E-state index contributed by atoms with van der Waals surface area (Å²) in [4.78, 5) is 2.23. The molecule has 0 amide bonds. The van der Waals surface area contributed by atoms with Gasteiger partial charge in [-0.3, -0.25) is 10.3 Å². The van der Waals surface area contributed by atoms with E-state index in [1.807, 2.05) is 19.1 Å². The molecule has 1 fully saturated rings. The largest absolute Gasteiger partial charge is 0.335 e. The minimum atomic E-state index is 0.228. The van der Waals surface area contributed by atoms with Gasteiger partial charge in [0.2, 0.25) is 0 Å². The molecular weight excluding hydrogens is 154 g/mol. The SMILES string of the molecule is CCCN(C)C1OC1N(C)NC. The molecule has 72 valence electrons. The van der Waals surface area contributed by atoms with Gasteiger partial charge >= 0.3 is 0 Å². The average molecular weight is 173 g/mol. The molecule has 4 nitrogen and oxygen atoms in total. The fraction of sp³-hybridized carbons (Fsp3) is 1.00. The summed E-state index contributed by atoms with van der Waals surface area (Å²) in [6.45, 7) is 3.27. The molecule has 1 aliphatic rings. The van der Waals surface area contributed by atoms with E-state index >= 15 is 0 Å². The van der Waals surface area contributed by atoms with Gasteiger partial charge in [-0.25, -0.2) is 5.01 Å². The van der Waals surface area contributed by atoms with Crippen molar-refractivity contribution in [1.29, 1.82) is 0 Å². The van der Waals surface area contributed by atoms with Gasteiger partial charge in [0.15, 0.2) is 12.5 Å². The van der Waals surface area contributed by atoms with Crippen molar-refractivity contribution < 1.29 is 4.74 Å². The summed E-state index contributed by atoms with van der Waals surface area (Å²) in [5.41, 5.74) is 3.04. The Kier molecular flexibility index (Phi) is 3.46. The first-order valence-corrected chi connectivity index (χ1v) is 4.46. The number of ether oxygens (including phenoxy) is 1. The molecule has 1 rings (SSSR count). The third kappa shape index (κ3) is 2.17. The van der Waals surface area contributed by atoms with Crippen LogP contribution in [-0.4, -0.2) is 50.1 Å². The second-order valence-electron chi connectivity index (χ2n) is 3.23. The van der Waals surface area contributed by atoms with Gasteiger partial charge in [-0.15, -0.1) is 0 Å². The number of hydrazine groups is 1. The van der Waals surface area contributed by atoms with Crippen LogP contribution in [0.4, 0.5) is 0 Å². The van der Waals surface area contributed by atoms with Crippen LogP contribution >= 0.6 is 0 Å². The zero-order chi connectivity index (χ0) is 9.14. The van der Waals surface area contributed by atoms with Gasteiger partial charge in [-0.05, 0) is 20.5 Å². The van der Waals surface area contributed by atoms with Crippen LogP contribution in [0.3, 0.4) is 0 Å². The van der Waals surface area contributed by atoms with Crippen LogP contribution in [-0.2, 0) is 4.74 Å². The van der Waals surface area contributed by atoms with Gasteiger partial charge in [-0.1, -0.05) is 6.92 Å². The van der Waals surface area contributed by atoms with Crippen molar-refractivity contribution in [3.05, 3.63) is 0 Å². The Morgan fingerprint density at radius 3 is 2.50 bits per heavy atom. The number of hydrogen-bond donors (Lipinski definition) is 1. The van der Waals surface area contributed by atoms with Crippen molar-refractivity contribution in [2.75, 3.05) is 27.7 Å². The third-order valence-electron chi connectivity index (χ3n) is 2.19. The molecule has 0 aromatic rings. The molecule has 12 heavy (non-hydrogen) atoms. The predicted molar refractivity (Wildman–Crippen MR) is 48.4 cm³/mol. The third-order valence-corrected chi connectivity index (χ3v) is 2.19. The van der Waals surface area contributed by atoms with E-state index in [9.17, 15) is 0 Å². The van der Waals surface area contributed by atoms with E-state index in [0.29, 0.717) is 0 Å². The number of epoxide rings is 1. The van der Waals surface area contributed by atoms with E-state index < -0.39 is 0 Å². The Bertz CT molecular complexity index is 142.